The highest BCUT2D eigenvalue weighted by Gasteiger charge is 2.38. The second kappa shape index (κ2) is 5.34. The third-order valence-corrected chi connectivity index (χ3v) is 2.90. The highest BCUT2D eigenvalue weighted by Crippen LogP contribution is 2.23. The van der Waals surface area contributed by atoms with Crippen LogP contribution in [0.5, 0.6) is 0 Å². The van der Waals surface area contributed by atoms with Crippen LogP contribution in [0, 0.1) is 0 Å². The first-order chi connectivity index (χ1) is 8.49. The van der Waals surface area contributed by atoms with E-state index in [0.29, 0.717) is 10.1 Å². The molecular weight excluding hydrogens is 248 g/mol. The molecule has 2 aliphatic rings. The monoisotopic (exact) mass is 264 g/mol. The van der Waals surface area contributed by atoms with Crippen LogP contribution in [0.3, 0.4) is 0 Å². The summed E-state index contributed by atoms with van der Waals surface area (Å²) in [7, 11) is 0. The molecule has 0 amide bonds. The largest absolute Gasteiger partial charge is 0.548 e. The molecule has 9 nitrogen and oxygen atoms in total. The second-order valence-electron chi connectivity index (χ2n) is 4.23. The van der Waals surface area contributed by atoms with Crippen LogP contribution in [0.15, 0.2) is 0 Å². The molecule has 2 rings (SSSR count). The minimum absolute atomic E-state index is 0.267. The number of hydroxylamine groups is 4. The lowest BCUT2D eigenvalue weighted by Gasteiger charge is -2.25. The van der Waals surface area contributed by atoms with Gasteiger partial charge in [0.25, 0.3) is 0 Å². The Morgan fingerprint density at radius 2 is 1.06 bits per heavy atom. The first-order valence-corrected chi connectivity index (χ1v) is 5.68. The summed E-state index contributed by atoms with van der Waals surface area (Å²) in [6.45, 7) is 0. The summed E-state index contributed by atoms with van der Waals surface area (Å²) in [5, 5.41) is 39.0. The van der Waals surface area contributed by atoms with Crippen molar-refractivity contribution >= 4 is 6.16 Å². The molecule has 2 saturated heterocycles. The predicted molar refractivity (Wildman–Crippen MR) is 53.7 cm³/mol. The van der Waals surface area contributed by atoms with Crippen LogP contribution >= 0.6 is 0 Å². The van der Waals surface area contributed by atoms with Gasteiger partial charge in [-0.3, -0.25) is 0 Å². The summed E-state index contributed by atoms with van der Waals surface area (Å²) < 4.78 is 0. The zero-order valence-electron chi connectivity index (χ0n) is 9.55. The van der Waals surface area contributed by atoms with Crippen LogP contribution in [0.2, 0.25) is 0 Å². The number of carbonyl (C=O) groups excluding carboxylic acids is 1. The van der Waals surface area contributed by atoms with Gasteiger partial charge in [0.15, 0.2) is 0 Å². The van der Waals surface area contributed by atoms with Gasteiger partial charge >= 0.3 is 6.16 Å². The van der Waals surface area contributed by atoms with Gasteiger partial charge in [-0.25, -0.2) is 0 Å². The van der Waals surface area contributed by atoms with Crippen LogP contribution in [0.25, 0.3) is 0 Å². The lowest BCUT2D eigenvalue weighted by atomic mass is 10.3. The minimum atomic E-state index is -1.24. The molecule has 0 spiro atoms. The Labute approximate surface area is 103 Å². The van der Waals surface area contributed by atoms with Crippen molar-refractivity contribution in [1.82, 2.24) is 10.1 Å². The minimum Gasteiger partial charge on any atom is -0.375 e. The number of aliphatic hydroxyl groups excluding tert-OH is 4. The van der Waals surface area contributed by atoms with E-state index in [9.17, 15) is 25.2 Å². The second-order valence-corrected chi connectivity index (χ2v) is 4.23. The van der Waals surface area contributed by atoms with Crippen LogP contribution in [-0.4, -0.2) is 61.6 Å². The summed E-state index contributed by atoms with van der Waals surface area (Å²) in [6, 6.07) is 0. The SMILES string of the molecule is O=C(ON1C(O)CCC1O)ON1C(O)CCC1O. The molecule has 104 valence electrons. The first kappa shape index (κ1) is 13.5. The molecule has 4 atom stereocenters. The predicted octanol–water partition coefficient (Wildman–Crippen LogP) is -1.57. The van der Waals surface area contributed by atoms with E-state index in [0.717, 1.165) is 0 Å². The molecule has 0 radical (unpaired) electrons. The summed E-state index contributed by atoms with van der Waals surface area (Å²) in [5.74, 6) is 0. The number of hydrogen-bond donors (Lipinski definition) is 4. The van der Waals surface area contributed by atoms with Crippen molar-refractivity contribution in [3.8, 4) is 0 Å². The topological polar surface area (TPSA) is 123 Å². The number of hydrogen-bond acceptors (Lipinski definition) is 9. The van der Waals surface area contributed by atoms with Gasteiger partial charge in [0.05, 0.1) is 0 Å². The number of nitrogens with zero attached hydrogens (tertiary/aromatic N) is 2. The summed E-state index contributed by atoms with van der Waals surface area (Å²) in [5.41, 5.74) is 0. The van der Waals surface area contributed by atoms with Gasteiger partial charge in [-0.15, -0.1) is 0 Å². The van der Waals surface area contributed by atoms with Crippen molar-refractivity contribution in [2.45, 2.75) is 50.6 Å². The Kier molecular flexibility index (Phi) is 4.00. The van der Waals surface area contributed by atoms with Crippen LogP contribution in [0.4, 0.5) is 4.79 Å². The third kappa shape index (κ3) is 2.71. The zero-order chi connectivity index (χ0) is 13.3. The van der Waals surface area contributed by atoms with Gasteiger partial charge in [-0.1, -0.05) is 10.1 Å². The standard InChI is InChI=1S/C9H16N2O7/c12-5-1-2-6(13)10(5)17-9(16)18-11-7(14)3-4-8(11)15/h5-8,12-15H,1-4H2. The van der Waals surface area contributed by atoms with Crippen LogP contribution < -0.4 is 0 Å². The van der Waals surface area contributed by atoms with Crippen molar-refractivity contribution in [3.05, 3.63) is 0 Å². The molecule has 0 aromatic rings. The van der Waals surface area contributed by atoms with Gasteiger partial charge < -0.3 is 30.1 Å². The molecule has 0 aromatic heterocycles. The van der Waals surface area contributed by atoms with E-state index >= 15 is 0 Å². The lowest BCUT2D eigenvalue weighted by molar-refractivity contribution is -0.293. The van der Waals surface area contributed by atoms with E-state index in [1.165, 1.54) is 0 Å². The maximum atomic E-state index is 11.4. The average Bonchev–Trinajstić information content (AvgIpc) is 2.79. The first-order valence-electron chi connectivity index (χ1n) is 5.68. The van der Waals surface area contributed by atoms with Crippen molar-refractivity contribution < 1.29 is 34.9 Å². The van der Waals surface area contributed by atoms with Crippen molar-refractivity contribution in [2.24, 2.45) is 0 Å². The summed E-state index contributed by atoms with van der Waals surface area (Å²) in [4.78, 5) is 20.6. The maximum Gasteiger partial charge on any atom is 0.548 e. The van der Waals surface area contributed by atoms with Gasteiger partial charge in [0.1, 0.15) is 24.9 Å². The highest BCUT2D eigenvalue weighted by molar-refractivity contribution is 5.59. The van der Waals surface area contributed by atoms with E-state index < -0.39 is 31.1 Å². The van der Waals surface area contributed by atoms with E-state index in [1.807, 2.05) is 0 Å². The third-order valence-electron chi connectivity index (χ3n) is 2.90. The fourth-order valence-corrected chi connectivity index (χ4v) is 1.93. The zero-order valence-corrected chi connectivity index (χ0v) is 9.55. The van der Waals surface area contributed by atoms with Crippen LogP contribution in [0.1, 0.15) is 25.7 Å². The Bertz CT molecular complexity index is 267. The van der Waals surface area contributed by atoms with E-state index in [1.54, 1.807) is 0 Å². The molecule has 4 unspecified atom stereocenters. The smallest absolute Gasteiger partial charge is 0.375 e. The summed E-state index contributed by atoms with van der Waals surface area (Å²) >= 11 is 0. The van der Waals surface area contributed by atoms with Gasteiger partial charge in [-0.2, -0.15) is 4.79 Å². The molecule has 2 aliphatic heterocycles. The molecule has 0 aromatic carbocycles. The molecule has 2 fully saturated rings. The van der Waals surface area contributed by atoms with E-state index in [-0.39, 0.29) is 25.7 Å². The molecule has 2 heterocycles. The van der Waals surface area contributed by atoms with E-state index in [2.05, 4.69) is 9.68 Å². The number of aliphatic hydroxyl groups is 4. The van der Waals surface area contributed by atoms with Gasteiger partial charge in [0.2, 0.25) is 0 Å². The van der Waals surface area contributed by atoms with Crippen LogP contribution in [-0.2, 0) is 9.68 Å². The Balaban J connectivity index is 1.85. The molecule has 4 N–H and O–H groups in total. The maximum absolute atomic E-state index is 11.4. The average molecular weight is 264 g/mol. The normalized spacial score (nSPS) is 38.0. The quantitative estimate of drug-likeness (QED) is 0.468. The number of rotatable bonds is 2. The molecule has 0 aliphatic carbocycles. The molecule has 0 saturated carbocycles. The number of carbonyl (C=O) groups is 1. The fraction of sp³-hybridized carbons (Fsp3) is 0.889. The molecule has 18 heavy (non-hydrogen) atoms. The highest BCUT2D eigenvalue weighted by atomic mass is 16.9. The lowest BCUT2D eigenvalue weighted by Crippen LogP contribution is -2.42. The Morgan fingerprint density at radius 1 is 0.778 bits per heavy atom. The van der Waals surface area contributed by atoms with E-state index in [4.69, 9.17) is 0 Å². The van der Waals surface area contributed by atoms with Crippen molar-refractivity contribution in [2.75, 3.05) is 0 Å². The molecule has 9 heteroatoms. The molecular formula is C9H16N2O7. The van der Waals surface area contributed by atoms with Crippen molar-refractivity contribution in [1.29, 1.82) is 0 Å². The Hall–Kier alpha value is -0.970. The van der Waals surface area contributed by atoms with Gasteiger partial charge in [-0.05, 0) is 25.7 Å². The summed E-state index contributed by atoms with van der Waals surface area (Å²) in [6.07, 6.45) is -4.56. The Morgan fingerprint density at radius 3 is 1.33 bits per heavy atom. The van der Waals surface area contributed by atoms with Gasteiger partial charge in [0, 0.05) is 0 Å². The fourth-order valence-electron chi connectivity index (χ4n) is 1.93. The van der Waals surface area contributed by atoms with Crippen molar-refractivity contribution in [3.63, 3.8) is 0 Å². The molecule has 0 bridgehead atoms.